The maximum atomic E-state index is 10.7. The first-order chi connectivity index (χ1) is 8.63. The summed E-state index contributed by atoms with van der Waals surface area (Å²) in [6.45, 7) is 1.93. The molecule has 1 aliphatic rings. The number of aryl methyl sites for hydroxylation is 1. The first-order valence-electron chi connectivity index (χ1n) is 6.21. The predicted octanol–water partition coefficient (Wildman–Crippen LogP) is 1.93. The van der Waals surface area contributed by atoms with Gasteiger partial charge in [-0.2, -0.15) is 0 Å². The van der Waals surface area contributed by atoms with E-state index in [0.29, 0.717) is 11.6 Å². The SMILES string of the molecule is Cc1nc(C2CCC2)cc2nc(CC(=O)O)cn12. The molecule has 1 aliphatic carbocycles. The van der Waals surface area contributed by atoms with E-state index in [9.17, 15) is 4.79 Å². The van der Waals surface area contributed by atoms with E-state index in [0.717, 1.165) is 17.2 Å². The zero-order valence-electron chi connectivity index (χ0n) is 10.3. The average molecular weight is 245 g/mol. The van der Waals surface area contributed by atoms with E-state index in [1.807, 2.05) is 17.4 Å². The topological polar surface area (TPSA) is 67.5 Å². The predicted molar refractivity (Wildman–Crippen MR) is 65.7 cm³/mol. The van der Waals surface area contributed by atoms with E-state index >= 15 is 0 Å². The summed E-state index contributed by atoms with van der Waals surface area (Å²) in [5.41, 5.74) is 2.48. The molecule has 94 valence electrons. The van der Waals surface area contributed by atoms with E-state index in [4.69, 9.17) is 5.11 Å². The smallest absolute Gasteiger partial charge is 0.309 e. The van der Waals surface area contributed by atoms with Crippen molar-refractivity contribution in [3.63, 3.8) is 0 Å². The van der Waals surface area contributed by atoms with Gasteiger partial charge in [-0.3, -0.25) is 9.20 Å². The fourth-order valence-electron chi connectivity index (χ4n) is 2.36. The van der Waals surface area contributed by atoms with Gasteiger partial charge in [-0.25, -0.2) is 9.97 Å². The van der Waals surface area contributed by atoms with Gasteiger partial charge < -0.3 is 5.11 Å². The summed E-state index contributed by atoms with van der Waals surface area (Å²) in [4.78, 5) is 19.6. The molecule has 0 spiro atoms. The second-order valence-electron chi connectivity index (χ2n) is 4.89. The molecule has 0 saturated heterocycles. The van der Waals surface area contributed by atoms with Gasteiger partial charge in [0.1, 0.15) is 11.5 Å². The molecule has 0 amide bonds. The van der Waals surface area contributed by atoms with Crippen LogP contribution in [0.15, 0.2) is 12.3 Å². The molecule has 2 heterocycles. The number of nitrogens with zero attached hydrogens (tertiary/aromatic N) is 3. The van der Waals surface area contributed by atoms with Gasteiger partial charge in [0.2, 0.25) is 0 Å². The number of carboxylic acid groups (broad SMARTS) is 1. The average Bonchev–Trinajstić information content (AvgIpc) is 2.56. The number of rotatable bonds is 3. The third kappa shape index (κ3) is 1.85. The second kappa shape index (κ2) is 4.08. The third-order valence-electron chi connectivity index (χ3n) is 3.56. The highest BCUT2D eigenvalue weighted by Gasteiger charge is 2.22. The zero-order valence-corrected chi connectivity index (χ0v) is 10.3. The highest BCUT2D eigenvalue weighted by atomic mass is 16.4. The first kappa shape index (κ1) is 11.2. The lowest BCUT2D eigenvalue weighted by Gasteiger charge is -2.24. The lowest BCUT2D eigenvalue weighted by atomic mass is 9.83. The summed E-state index contributed by atoms with van der Waals surface area (Å²) in [5, 5.41) is 8.79. The summed E-state index contributed by atoms with van der Waals surface area (Å²) in [5.74, 6) is 0.579. The van der Waals surface area contributed by atoms with E-state index in [-0.39, 0.29) is 6.42 Å². The van der Waals surface area contributed by atoms with Crippen LogP contribution in [0.4, 0.5) is 0 Å². The number of aromatic nitrogens is 3. The van der Waals surface area contributed by atoms with Crippen LogP contribution in [0.1, 0.15) is 42.4 Å². The van der Waals surface area contributed by atoms with Gasteiger partial charge in [-0.15, -0.1) is 0 Å². The quantitative estimate of drug-likeness (QED) is 0.897. The van der Waals surface area contributed by atoms with Crippen molar-refractivity contribution in [3.8, 4) is 0 Å². The van der Waals surface area contributed by atoms with Crippen LogP contribution >= 0.6 is 0 Å². The largest absolute Gasteiger partial charge is 0.481 e. The zero-order chi connectivity index (χ0) is 12.7. The maximum Gasteiger partial charge on any atom is 0.309 e. The molecule has 1 fully saturated rings. The molecule has 0 aromatic carbocycles. The summed E-state index contributed by atoms with van der Waals surface area (Å²) in [6.07, 6.45) is 5.39. The second-order valence-corrected chi connectivity index (χ2v) is 4.89. The summed E-state index contributed by atoms with van der Waals surface area (Å²) < 4.78 is 1.86. The molecule has 3 rings (SSSR count). The van der Waals surface area contributed by atoms with Crippen molar-refractivity contribution in [3.05, 3.63) is 29.5 Å². The van der Waals surface area contributed by atoms with Crippen molar-refractivity contribution < 1.29 is 9.90 Å². The molecule has 2 aromatic heterocycles. The molecule has 1 N–H and O–H groups in total. The third-order valence-corrected chi connectivity index (χ3v) is 3.56. The first-order valence-corrected chi connectivity index (χ1v) is 6.21. The van der Waals surface area contributed by atoms with Crippen molar-refractivity contribution in [1.82, 2.24) is 14.4 Å². The van der Waals surface area contributed by atoms with Gasteiger partial charge in [0.25, 0.3) is 0 Å². The Morgan fingerprint density at radius 3 is 2.89 bits per heavy atom. The molecule has 1 saturated carbocycles. The standard InChI is InChI=1S/C13H15N3O2/c1-8-14-11(9-3-2-4-9)6-12-15-10(5-13(17)18)7-16(8)12/h6-7,9H,2-5H2,1H3,(H,17,18). The van der Waals surface area contributed by atoms with Gasteiger partial charge in [0, 0.05) is 23.9 Å². The summed E-state index contributed by atoms with van der Waals surface area (Å²) in [6, 6.07) is 1.99. The maximum absolute atomic E-state index is 10.7. The Balaban J connectivity index is 2.03. The van der Waals surface area contributed by atoms with Crippen molar-refractivity contribution in [1.29, 1.82) is 0 Å². The number of carboxylic acids is 1. The summed E-state index contributed by atoms with van der Waals surface area (Å²) in [7, 11) is 0. The molecule has 0 aliphatic heterocycles. The number of aliphatic carboxylic acids is 1. The Kier molecular flexibility index (Phi) is 2.54. The molecule has 2 aromatic rings. The lowest BCUT2D eigenvalue weighted by molar-refractivity contribution is -0.136. The van der Waals surface area contributed by atoms with Gasteiger partial charge in [0.05, 0.1) is 12.1 Å². The minimum absolute atomic E-state index is 0.0418. The number of imidazole rings is 1. The van der Waals surface area contributed by atoms with E-state index < -0.39 is 5.97 Å². The molecule has 5 nitrogen and oxygen atoms in total. The van der Waals surface area contributed by atoms with Crippen LogP contribution in [-0.4, -0.2) is 25.4 Å². The lowest BCUT2D eigenvalue weighted by Crippen LogP contribution is -2.12. The van der Waals surface area contributed by atoms with Crippen molar-refractivity contribution in [2.24, 2.45) is 0 Å². The minimum atomic E-state index is -0.858. The molecule has 0 unspecified atom stereocenters. The van der Waals surface area contributed by atoms with Crippen molar-refractivity contribution in [2.45, 2.75) is 38.5 Å². The number of hydrogen-bond acceptors (Lipinski definition) is 3. The Bertz CT molecular complexity index is 614. The summed E-state index contributed by atoms with van der Waals surface area (Å²) >= 11 is 0. The minimum Gasteiger partial charge on any atom is -0.481 e. The fraction of sp³-hybridized carbons (Fsp3) is 0.462. The van der Waals surface area contributed by atoms with Crippen molar-refractivity contribution >= 4 is 11.6 Å². The highest BCUT2D eigenvalue weighted by molar-refractivity contribution is 5.69. The molecule has 18 heavy (non-hydrogen) atoms. The van der Waals surface area contributed by atoms with Crippen molar-refractivity contribution in [2.75, 3.05) is 0 Å². The Morgan fingerprint density at radius 1 is 1.50 bits per heavy atom. The van der Waals surface area contributed by atoms with Crippen LogP contribution in [0, 0.1) is 6.92 Å². The number of fused-ring (bicyclic) bond motifs is 1. The van der Waals surface area contributed by atoms with Crippen LogP contribution in [-0.2, 0) is 11.2 Å². The molecule has 5 heteroatoms. The molecule has 0 bridgehead atoms. The number of carbonyl (C=O) groups is 1. The van der Waals surface area contributed by atoms with Crippen LogP contribution < -0.4 is 0 Å². The Hall–Kier alpha value is -1.91. The van der Waals surface area contributed by atoms with Crippen LogP contribution in [0.3, 0.4) is 0 Å². The van der Waals surface area contributed by atoms with Gasteiger partial charge >= 0.3 is 5.97 Å². The van der Waals surface area contributed by atoms with Gasteiger partial charge in [0.15, 0.2) is 0 Å². The van der Waals surface area contributed by atoms with Gasteiger partial charge in [-0.1, -0.05) is 6.42 Å². The van der Waals surface area contributed by atoms with E-state index in [1.165, 1.54) is 19.3 Å². The normalized spacial score (nSPS) is 15.8. The van der Waals surface area contributed by atoms with E-state index in [2.05, 4.69) is 9.97 Å². The number of hydrogen-bond donors (Lipinski definition) is 1. The van der Waals surface area contributed by atoms with Gasteiger partial charge in [-0.05, 0) is 19.8 Å². The Morgan fingerprint density at radius 2 is 2.28 bits per heavy atom. The van der Waals surface area contributed by atoms with Crippen LogP contribution in [0.25, 0.3) is 5.65 Å². The van der Waals surface area contributed by atoms with E-state index in [1.54, 1.807) is 6.20 Å². The fourth-order valence-corrected chi connectivity index (χ4v) is 2.36. The Labute approximate surface area is 104 Å². The molecular weight excluding hydrogens is 230 g/mol. The molecule has 0 radical (unpaired) electrons. The highest BCUT2D eigenvalue weighted by Crippen LogP contribution is 2.35. The van der Waals surface area contributed by atoms with Crippen LogP contribution in [0.5, 0.6) is 0 Å². The molecular formula is C13H15N3O2. The van der Waals surface area contributed by atoms with Crippen LogP contribution in [0.2, 0.25) is 0 Å². The monoisotopic (exact) mass is 245 g/mol. The molecule has 0 atom stereocenters.